The highest BCUT2D eigenvalue weighted by Crippen LogP contribution is 2.19. The Bertz CT molecular complexity index is 553. The number of para-hydroxylation sites is 1. The van der Waals surface area contributed by atoms with Crippen LogP contribution in [0.5, 0.6) is 0 Å². The first-order valence-electron chi connectivity index (χ1n) is 5.85. The highest BCUT2D eigenvalue weighted by atomic mass is 14.7. The molecule has 0 N–H and O–H groups in total. The van der Waals surface area contributed by atoms with Gasteiger partial charge in [-0.05, 0) is 38.0 Å². The van der Waals surface area contributed by atoms with Gasteiger partial charge in [0.05, 0.1) is 5.69 Å². The van der Waals surface area contributed by atoms with Crippen molar-refractivity contribution in [3.05, 3.63) is 65.2 Å². The topological polar surface area (TPSA) is 12.4 Å². The molecule has 2 rings (SSSR count). The minimum Gasteiger partial charge on any atom is -0.253 e. The molecule has 0 aliphatic heterocycles. The van der Waals surface area contributed by atoms with E-state index in [1.807, 2.05) is 12.1 Å². The first-order chi connectivity index (χ1) is 8.16. The van der Waals surface area contributed by atoms with Crippen LogP contribution in [0.4, 0.5) is 5.69 Å². The molecule has 0 unspecified atom stereocenters. The minimum absolute atomic E-state index is 1.05. The largest absolute Gasteiger partial charge is 0.253 e. The predicted molar refractivity (Wildman–Crippen MR) is 74.2 cm³/mol. The zero-order valence-electron chi connectivity index (χ0n) is 10.6. The van der Waals surface area contributed by atoms with Crippen LogP contribution in [0.1, 0.15) is 23.6 Å². The molecule has 0 saturated heterocycles. The maximum atomic E-state index is 4.69. The summed E-state index contributed by atoms with van der Waals surface area (Å²) in [5.74, 6) is 0. The minimum atomic E-state index is 1.05. The van der Waals surface area contributed by atoms with Gasteiger partial charge in [0.2, 0.25) is 0 Å². The van der Waals surface area contributed by atoms with Gasteiger partial charge < -0.3 is 0 Å². The van der Waals surface area contributed by atoms with Crippen molar-refractivity contribution in [2.75, 3.05) is 0 Å². The number of nitrogens with zero attached hydrogens (tertiary/aromatic N) is 1. The lowest BCUT2D eigenvalue weighted by molar-refractivity contribution is 1.38. The Hall–Kier alpha value is -1.89. The van der Waals surface area contributed by atoms with Crippen molar-refractivity contribution in [1.82, 2.24) is 0 Å². The SMILES string of the molecule is CC(=Nc1ccccc1C)c1cccc(C)c1. The second kappa shape index (κ2) is 4.96. The fourth-order valence-corrected chi connectivity index (χ4v) is 1.80. The fraction of sp³-hybridized carbons (Fsp3) is 0.188. The van der Waals surface area contributed by atoms with Gasteiger partial charge in [-0.2, -0.15) is 0 Å². The molecule has 1 heteroatoms. The molecule has 0 bridgehead atoms. The Morgan fingerprint density at radius 3 is 2.41 bits per heavy atom. The summed E-state index contributed by atoms with van der Waals surface area (Å²) in [6.07, 6.45) is 0. The van der Waals surface area contributed by atoms with E-state index in [4.69, 9.17) is 0 Å². The van der Waals surface area contributed by atoms with Gasteiger partial charge in [-0.1, -0.05) is 48.0 Å². The third-order valence-electron chi connectivity index (χ3n) is 2.84. The zero-order valence-corrected chi connectivity index (χ0v) is 10.6. The first kappa shape index (κ1) is 11.6. The Balaban J connectivity index is 2.38. The summed E-state index contributed by atoms with van der Waals surface area (Å²) >= 11 is 0. The van der Waals surface area contributed by atoms with Crippen LogP contribution in [-0.4, -0.2) is 5.71 Å². The molecule has 0 amide bonds. The van der Waals surface area contributed by atoms with Crippen LogP contribution >= 0.6 is 0 Å². The van der Waals surface area contributed by atoms with Crippen LogP contribution in [0, 0.1) is 13.8 Å². The van der Waals surface area contributed by atoms with E-state index in [1.54, 1.807) is 0 Å². The van der Waals surface area contributed by atoms with E-state index in [1.165, 1.54) is 16.7 Å². The monoisotopic (exact) mass is 223 g/mol. The molecule has 2 aromatic carbocycles. The molecule has 0 radical (unpaired) electrons. The molecule has 86 valence electrons. The summed E-state index contributed by atoms with van der Waals surface area (Å²) in [7, 11) is 0. The Kier molecular flexibility index (Phi) is 3.38. The molecule has 0 aromatic heterocycles. The lowest BCUT2D eigenvalue weighted by Gasteiger charge is -2.04. The van der Waals surface area contributed by atoms with E-state index in [-0.39, 0.29) is 0 Å². The molecular formula is C16H17N. The zero-order chi connectivity index (χ0) is 12.3. The van der Waals surface area contributed by atoms with Crippen LogP contribution in [0.25, 0.3) is 0 Å². The van der Waals surface area contributed by atoms with Crippen LogP contribution < -0.4 is 0 Å². The average Bonchev–Trinajstić information content (AvgIpc) is 2.32. The van der Waals surface area contributed by atoms with Crippen molar-refractivity contribution in [2.24, 2.45) is 4.99 Å². The third-order valence-corrected chi connectivity index (χ3v) is 2.84. The molecule has 0 atom stereocenters. The van der Waals surface area contributed by atoms with Crippen molar-refractivity contribution in [3.8, 4) is 0 Å². The van der Waals surface area contributed by atoms with E-state index < -0.39 is 0 Å². The normalized spacial score (nSPS) is 11.6. The van der Waals surface area contributed by atoms with Crippen LogP contribution in [0.2, 0.25) is 0 Å². The van der Waals surface area contributed by atoms with Gasteiger partial charge in [-0.3, -0.25) is 4.99 Å². The number of hydrogen-bond donors (Lipinski definition) is 0. The highest BCUT2D eigenvalue weighted by molar-refractivity contribution is 6.00. The van der Waals surface area contributed by atoms with Crippen LogP contribution in [0.3, 0.4) is 0 Å². The standard InChI is InChI=1S/C16H17N/c1-12-7-6-9-15(11-12)14(3)17-16-10-5-4-8-13(16)2/h4-11H,1-3H3. The third kappa shape index (κ3) is 2.82. The van der Waals surface area contributed by atoms with Crippen molar-refractivity contribution in [2.45, 2.75) is 20.8 Å². The van der Waals surface area contributed by atoms with Gasteiger partial charge in [0.25, 0.3) is 0 Å². The molecule has 0 fully saturated rings. The molecule has 0 spiro atoms. The average molecular weight is 223 g/mol. The van der Waals surface area contributed by atoms with E-state index in [9.17, 15) is 0 Å². The van der Waals surface area contributed by atoms with Gasteiger partial charge in [0, 0.05) is 5.71 Å². The Labute approximate surface area is 103 Å². The Morgan fingerprint density at radius 1 is 0.941 bits per heavy atom. The van der Waals surface area contributed by atoms with Crippen LogP contribution in [-0.2, 0) is 0 Å². The quantitative estimate of drug-likeness (QED) is 0.667. The lowest BCUT2D eigenvalue weighted by Crippen LogP contribution is -1.94. The fourth-order valence-electron chi connectivity index (χ4n) is 1.80. The van der Waals surface area contributed by atoms with E-state index >= 15 is 0 Å². The van der Waals surface area contributed by atoms with Gasteiger partial charge in [0.1, 0.15) is 0 Å². The summed E-state index contributed by atoms with van der Waals surface area (Å²) < 4.78 is 0. The number of rotatable bonds is 2. The second-order valence-corrected chi connectivity index (χ2v) is 4.35. The summed E-state index contributed by atoms with van der Waals surface area (Å²) in [4.78, 5) is 4.69. The van der Waals surface area contributed by atoms with E-state index in [2.05, 4.69) is 62.2 Å². The van der Waals surface area contributed by atoms with Crippen molar-refractivity contribution in [3.63, 3.8) is 0 Å². The molecule has 17 heavy (non-hydrogen) atoms. The predicted octanol–water partition coefficient (Wildman–Crippen LogP) is 4.44. The number of aliphatic imine (C=N–C) groups is 1. The lowest BCUT2D eigenvalue weighted by atomic mass is 10.1. The van der Waals surface area contributed by atoms with Crippen molar-refractivity contribution < 1.29 is 0 Å². The van der Waals surface area contributed by atoms with Gasteiger partial charge in [-0.25, -0.2) is 0 Å². The van der Waals surface area contributed by atoms with E-state index in [0.717, 1.165) is 11.4 Å². The molecule has 1 nitrogen and oxygen atoms in total. The maximum absolute atomic E-state index is 4.69. The molecule has 0 aliphatic carbocycles. The Morgan fingerprint density at radius 2 is 1.71 bits per heavy atom. The van der Waals surface area contributed by atoms with Crippen LogP contribution in [0.15, 0.2) is 53.5 Å². The smallest absolute Gasteiger partial charge is 0.0662 e. The van der Waals surface area contributed by atoms with Crippen molar-refractivity contribution >= 4 is 11.4 Å². The summed E-state index contributed by atoms with van der Waals surface area (Å²) in [5, 5.41) is 0. The van der Waals surface area contributed by atoms with Gasteiger partial charge in [0.15, 0.2) is 0 Å². The summed E-state index contributed by atoms with van der Waals surface area (Å²) in [6.45, 7) is 6.24. The molecule has 0 heterocycles. The molecule has 0 aliphatic rings. The summed E-state index contributed by atoms with van der Waals surface area (Å²) in [5.41, 5.74) is 5.77. The number of hydrogen-bond acceptors (Lipinski definition) is 1. The molecule has 0 saturated carbocycles. The molecule has 2 aromatic rings. The summed E-state index contributed by atoms with van der Waals surface area (Å²) in [6, 6.07) is 16.6. The number of benzene rings is 2. The molecular weight excluding hydrogens is 206 g/mol. The van der Waals surface area contributed by atoms with Gasteiger partial charge in [-0.15, -0.1) is 0 Å². The van der Waals surface area contributed by atoms with Gasteiger partial charge >= 0.3 is 0 Å². The van der Waals surface area contributed by atoms with Crippen molar-refractivity contribution in [1.29, 1.82) is 0 Å². The second-order valence-electron chi connectivity index (χ2n) is 4.35. The highest BCUT2D eigenvalue weighted by Gasteiger charge is 1.99. The first-order valence-corrected chi connectivity index (χ1v) is 5.85. The number of aryl methyl sites for hydroxylation is 2. The van der Waals surface area contributed by atoms with E-state index in [0.29, 0.717) is 0 Å². The maximum Gasteiger partial charge on any atom is 0.0662 e.